The molecule has 1 amide bonds. The first-order valence-corrected chi connectivity index (χ1v) is 11.4. The number of benzene rings is 2. The molecule has 31 heavy (non-hydrogen) atoms. The van der Waals surface area contributed by atoms with Gasteiger partial charge in [-0.15, -0.1) is 0 Å². The molecule has 0 aliphatic carbocycles. The van der Waals surface area contributed by atoms with Crippen molar-refractivity contribution in [3.05, 3.63) is 71.6 Å². The average Bonchev–Trinajstić information content (AvgIpc) is 2.82. The summed E-state index contributed by atoms with van der Waals surface area (Å²) in [6, 6.07) is 14.2. The molecule has 2 aromatic carbocycles. The van der Waals surface area contributed by atoms with E-state index in [-0.39, 0.29) is 17.8 Å². The molecule has 0 unspecified atom stereocenters. The van der Waals surface area contributed by atoms with Crippen LogP contribution in [0.4, 0.5) is 4.39 Å². The van der Waals surface area contributed by atoms with Crippen LogP contribution in [0.5, 0.6) is 5.75 Å². The second-order valence-corrected chi connectivity index (χ2v) is 8.42. The summed E-state index contributed by atoms with van der Waals surface area (Å²) in [5, 5.41) is 0. The molecular formula is C26H31FN2O2. The van der Waals surface area contributed by atoms with Gasteiger partial charge in [-0.2, -0.15) is 0 Å². The molecule has 2 aliphatic rings. The minimum absolute atomic E-state index is 0.0960. The zero-order chi connectivity index (χ0) is 21.5. The van der Waals surface area contributed by atoms with Gasteiger partial charge in [0.25, 0.3) is 5.91 Å². The number of carbonyl (C=O) groups excluding carboxylic acids is 1. The molecule has 2 heterocycles. The lowest BCUT2D eigenvalue weighted by Gasteiger charge is -2.32. The molecular weight excluding hydrogens is 391 g/mol. The Hall–Kier alpha value is -2.66. The second-order valence-electron chi connectivity index (χ2n) is 8.42. The molecule has 164 valence electrons. The standard InChI is InChI=1S/C26H31FN2O2/c27-22-12-10-21(11-13-22)7-6-16-28-19-14-23(15-20-28)31-25-9-3-2-8-24(25)26(30)29-17-4-1-5-18-29/h2-3,6-13,23H,1,4-5,14-20H2/b7-6+. The maximum absolute atomic E-state index is 13.0. The zero-order valence-electron chi connectivity index (χ0n) is 18.0. The van der Waals surface area contributed by atoms with Gasteiger partial charge in [-0.25, -0.2) is 4.39 Å². The van der Waals surface area contributed by atoms with Crippen molar-refractivity contribution in [3.8, 4) is 5.75 Å². The van der Waals surface area contributed by atoms with Gasteiger partial charge in [0.05, 0.1) is 5.56 Å². The van der Waals surface area contributed by atoms with Gasteiger partial charge in [0.2, 0.25) is 0 Å². The Morgan fingerprint density at radius 1 is 0.968 bits per heavy atom. The number of likely N-dealkylation sites (tertiary alicyclic amines) is 2. The summed E-state index contributed by atoms with van der Waals surface area (Å²) in [5.41, 5.74) is 1.70. The molecule has 5 heteroatoms. The molecule has 2 aromatic rings. The SMILES string of the molecule is O=C(c1ccccc1OC1CCN(C/C=C/c2ccc(F)cc2)CC1)N1CCCCC1. The van der Waals surface area contributed by atoms with Crippen molar-refractivity contribution in [1.29, 1.82) is 0 Å². The second kappa shape index (κ2) is 10.6. The number of hydrogen-bond acceptors (Lipinski definition) is 3. The number of amides is 1. The van der Waals surface area contributed by atoms with Crippen molar-refractivity contribution in [2.45, 2.75) is 38.2 Å². The van der Waals surface area contributed by atoms with Crippen LogP contribution >= 0.6 is 0 Å². The largest absolute Gasteiger partial charge is 0.489 e. The van der Waals surface area contributed by atoms with Crippen molar-refractivity contribution in [2.75, 3.05) is 32.7 Å². The van der Waals surface area contributed by atoms with E-state index in [4.69, 9.17) is 4.74 Å². The number of para-hydroxylation sites is 1. The summed E-state index contributed by atoms with van der Waals surface area (Å²) in [5.74, 6) is 0.602. The third-order valence-electron chi connectivity index (χ3n) is 6.13. The lowest BCUT2D eigenvalue weighted by Crippen LogP contribution is -2.39. The van der Waals surface area contributed by atoms with Crippen LogP contribution < -0.4 is 4.74 Å². The molecule has 0 radical (unpaired) electrons. The molecule has 2 aliphatic heterocycles. The number of carbonyl (C=O) groups is 1. The zero-order valence-corrected chi connectivity index (χ0v) is 18.0. The van der Waals surface area contributed by atoms with Crippen LogP contribution in [0.15, 0.2) is 54.6 Å². The highest BCUT2D eigenvalue weighted by Crippen LogP contribution is 2.25. The van der Waals surface area contributed by atoms with E-state index < -0.39 is 0 Å². The van der Waals surface area contributed by atoms with E-state index in [9.17, 15) is 9.18 Å². The fourth-order valence-corrected chi connectivity index (χ4v) is 4.31. The predicted octanol–water partition coefficient (Wildman–Crippen LogP) is 5.01. The monoisotopic (exact) mass is 422 g/mol. The first kappa shape index (κ1) is 21.6. The number of piperidine rings is 2. The quantitative estimate of drug-likeness (QED) is 0.656. The Morgan fingerprint density at radius 2 is 1.68 bits per heavy atom. The van der Waals surface area contributed by atoms with Crippen molar-refractivity contribution >= 4 is 12.0 Å². The lowest BCUT2D eigenvalue weighted by atomic mass is 10.1. The molecule has 0 N–H and O–H groups in total. The van der Waals surface area contributed by atoms with Crippen molar-refractivity contribution in [2.24, 2.45) is 0 Å². The van der Waals surface area contributed by atoms with Gasteiger partial charge >= 0.3 is 0 Å². The third kappa shape index (κ3) is 5.95. The molecule has 2 saturated heterocycles. The Labute approximate surface area is 184 Å². The Bertz CT molecular complexity index is 883. The van der Waals surface area contributed by atoms with Gasteiger partial charge in [0.15, 0.2) is 0 Å². The maximum atomic E-state index is 13.0. The molecule has 0 atom stereocenters. The fraction of sp³-hybridized carbons (Fsp3) is 0.423. The predicted molar refractivity (Wildman–Crippen MR) is 122 cm³/mol. The molecule has 4 rings (SSSR count). The van der Waals surface area contributed by atoms with Crippen LogP contribution in [0, 0.1) is 5.82 Å². The molecule has 0 bridgehead atoms. The number of rotatable bonds is 6. The first-order chi connectivity index (χ1) is 15.2. The van der Waals surface area contributed by atoms with Crippen LogP contribution in [0.2, 0.25) is 0 Å². The summed E-state index contributed by atoms with van der Waals surface area (Å²) in [6.07, 6.45) is 9.55. The summed E-state index contributed by atoms with van der Waals surface area (Å²) in [4.78, 5) is 17.3. The summed E-state index contributed by atoms with van der Waals surface area (Å²) < 4.78 is 19.3. The lowest BCUT2D eigenvalue weighted by molar-refractivity contribution is 0.0706. The number of halogens is 1. The fourth-order valence-electron chi connectivity index (χ4n) is 4.31. The normalized spacial score (nSPS) is 18.4. The van der Waals surface area contributed by atoms with Gasteiger partial charge in [0.1, 0.15) is 17.7 Å². The van der Waals surface area contributed by atoms with E-state index in [1.54, 1.807) is 12.1 Å². The van der Waals surface area contributed by atoms with Gasteiger partial charge in [-0.1, -0.05) is 36.4 Å². The summed E-state index contributed by atoms with van der Waals surface area (Å²) in [7, 11) is 0. The Morgan fingerprint density at radius 3 is 2.42 bits per heavy atom. The molecule has 2 fully saturated rings. The van der Waals surface area contributed by atoms with Crippen LogP contribution in [-0.4, -0.2) is 54.5 Å². The van der Waals surface area contributed by atoms with Gasteiger partial charge in [-0.05, 0) is 61.9 Å². The van der Waals surface area contributed by atoms with Crippen LogP contribution in [0.3, 0.4) is 0 Å². The van der Waals surface area contributed by atoms with Crippen LogP contribution in [0.1, 0.15) is 48.0 Å². The molecule has 0 saturated carbocycles. The van der Waals surface area contributed by atoms with E-state index in [1.165, 1.54) is 18.6 Å². The van der Waals surface area contributed by atoms with E-state index in [2.05, 4.69) is 11.0 Å². The van der Waals surface area contributed by atoms with Crippen molar-refractivity contribution in [1.82, 2.24) is 9.80 Å². The van der Waals surface area contributed by atoms with Crippen LogP contribution in [-0.2, 0) is 0 Å². The number of ether oxygens (including phenoxy) is 1. The highest BCUT2D eigenvalue weighted by Gasteiger charge is 2.24. The van der Waals surface area contributed by atoms with E-state index >= 15 is 0 Å². The molecule has 4 nitrogen and oxygen atoms in total. The van der Waals surface area contributed by atoms with E-state index in [0.29, 0.717) is 11.3 Å². The Kier molecular flexibility index (Phi) is 7.36. The average molecular weight is 423 g/mol. The topological polar surface area (TPSA) is 32.8 Å². The minimum Gasteiger partial charge on any atom is -0.489 e. The first-order valence-electron chi connectivity index (χ1n) is 11.4. The minimum atomic E-state index is -0.210. The maximum Gasteiger partial charge on any atom is 0.257 e. The summed E-state index contributed by atoms with van der Waals surface area (Å²) in [6.45, 7) is 4.48. The third-order valence-corrected chi connectivity index (χ3v) is 6.13. The van der Waals surface area contributed by atoms with Gasteiger partial charge < -0.3 is 9.64 Å². The molecule has 0 spiro atoms. The summed E-state index contributed by atoms with van der Waals surface area (Å²) >= 11 is 0. The highest BCUT2D eigenvalue weighted by atomic mass is 19.1. The van der Waals surface area contributed by atoms with E-state index in [1.807, 2.05) is 35.2 Å². The molecule has 0 aromatic heterocycles. The highest BCUT2D eigenvalue weighted by molar-refractivity contribution is 5.97. The van der Waals surface area contributed by atoms with Crippen molar-refractivity contribution < 1.29 is 13.9 Å². The number of nitrogens with zero attached hydrogens (tertiary/aromatic N) is 2. The number of hydrogen-bond donors (Lipinski definition) is 0. The van der Waals surface area contributed by atoms with Crippen LogP contribution in [0.25, 0.3) is 6.08 Å². The smallest absolute Gasteiger partial charge is 0.257 e. The van der Waals surface area contributed by atoms with Crippen molar-refractivity contribution in [3.63, 3.8) is 0 Å². The van der Waals surface area contributed by atoms with E-state index in [0.717, 1.165) is 64.0 Å². The Balaban J connectivity index is 1.28. The van der Waals surface area contributed by atoms with Gasteiger partial charge in [-0.3, -0.25) is 9.69 Å². The van der Waals surface area contributed by atoms with Gasteiger partial charge in [0, 0.05) is 32.7 Å².